The van der Waals surface area contributed by atoms with E-state index < -0.39 is 10.8 Å². The Bertz CT molecular complexity index is 508. The van der Waals surface area contributed by atoms with Crippen LogP contribution in [0.15, 0.2) is 0 Å². The summed E-state index contributed by atoms with van der Waals surface area (Å²) >= 11 is 1.17. The van der Waals surface area contributed by atoms with Gasteiger partial charge in [0.25, 0.3) is 5.19 Å². The summed E-state index contributed by atoms with van der Waals surface area (Å²) in [5.74, 6) is 0.675. The van der Waals surface area contributed by atoms with Crippen molar-refractivity contribution in [1.82, 2.24) is 15.5 Å². The second kappa shape index (κ2) is 7.69. The molecular weight excluding hydrogens is 312 g/mol. The van der Waals surface area contributed by atoms with E-state index in [1.165, 1.54) is 18.4 Å². The highest BCUT2D eigenvalue weighted by molar-refractivity contribution is 7.85. The molecule has 118 valence electrons. The zero-order valence-corrected chi connectivity index (χ0v) is 13.8. The topological polar surface area (TPSA) is 93.2 Å². The average molecular weight is 332 g/mol. The number of carbonyl (C=O) groups excluding carboxylic acids is 1. The van der Waals surface area contributed by atoms with Crippen molar-refractivity contribution < 1.29 is 13.7 Å². The number of urea groups is 1. The highest BCUT2D eigenvalue weighted by Gasteiger charge is 2.26. The molecule has 0 aromatic carbocycles. The normalized spacial score (nSPS) is 23.3. The van der Waals surface area contributed by atoms with Crippen LogP contribution in [0.5, 0.6) is 5.19 Å². The molecule has 1 fully saturated rings. The van der Waals surface area contributed by atoms with Gasteiger partial charge in [-0.1, -0.05) is 18.4 Å². The largest absolute Gasteiger partial charge is 0.472 e. The average Bonchev–Trinajstić information content (AvgIpc) is 2.94. The second-order valence-electron chi connectivity index (χ2n) is 4.83. The fourth-order valence-electron chi connectivity index (χ4n) is 2.41. The number of rotatable bonds is 5. The van der Waals surface area contributed by atoms with Gasteiger partial charge in [-0.25, -0.2) is 4.79 Å². The van der Waals surface area contributed by atoms with E-state index in [1.54, 1.807) is 0 Å². The van der Waals surface area contributed by atoms with Crippen LogP contribution in [0, 0.1) is 0 Å². The Balaban J connectivity index is 1.83. The Morgan fingerprint density at radius 3 is 2.95 bits per heavy atom. The van der Waals surface area contributed by atoms with Crippen LogP contribution in [0.1, 0.15) is 32.6 Å². The Morgan fingerprint density at radius 2 is 2.29 bits per heavy atom. The van der Waals surface area contributed by atoms with E-state index in [-0.39, 0.29) is 17.3 Å². The van der Waals surface area contributed by atoms with Crippen molar-refractivity contribution in [2.24, 2.45) is 0 Å². The molecule has 2 amide bonds. The van der Waals surface area contributed by atoms with Crippen LogP contribution in [0.3, 0.4) is 0 Å². The van der Waals surface area contributed by atoms with E-state index in [1.807, 2.05) is 6.92 Å². The zero-order valence-electron chi connectivity index (χ0n) is 12.1. The third-order valence-corrected chi connectivity index (χ3v) is 5.96. The molecule has 0 aliphatic heterocycles. The first kappa shape index (κ1) is 16.2. The van der Waals surface area contributed by atoms with Gasteiger partial charge in [-0.2, -0.15) is 0 Å². The number of methoxy groups -OCH3 is 1. The maximum absolute atomic E-state index is 11.9. The standard InChI is InChI=1S/C12H20N4O3S2/c1-3-21(18)9-6-4-5-8(7-9)13-10(17)14-11-15-16-12(19-2)20-11/h8-9H,3-7H2,1-2H3,(H2,13,14,15,17)/t8-,9-,21-/m0/s1. The third kappa shape index (κ3) is 4.63. The monoisotopic (exact) mass is 332 g/mol. The number of nitrogens with zero attached hydrogens (tertiary/aromatic N) is 2. The highest BCUT2D eigenvalue weighted by atomic mass is 32.2. The van der Waals surface area contributed by atoms with Gasteiger partial charge in [0.2, 0.25) is 5.13 Å². The van der Waals surface area contributed by atoms with Crippen LogP contribution in [0.25, 0.3) is 0 Å². The molecule has 0 unspecified atom stereocenters. The van der Waals surface area contributed by atoms with Crippen molar-refractivity contribution in [2.45, 2.75) is 43.9 Å². The van der Waals surface area contributed by atoms with Gasteiger partial charge in [0.1, 0.15) is 0 Å². The van der Waals surface area contributed by atoms with Gasteiger partial charge in [0.05, 0.1) is 7.11 Å². The van der Waals surface area contributed by atoms with E-state index in [0.29, 0.717) is 16.1 Å². The molecule has 1 saturated carbocycles. The molecule has 2 N–H and O–H groups in total. The van der Waals surface area contributed by atoms with Gasteiger partial charge in [0.15, 0.2) is 0 Å². The molecule has 1 aliphatic rings. The van der Waals surface area contributed by atoms with Crippen LogP contribution in [0.2, 0.25) is 0 Å². The quantitative estimate of drug-likeness (QED) is 0.857. The van der Waals surface area contributed by atoms with Crippen LogP contribution in [-0.2, 0) is 10.8 Å². The maximum atomic E-state index is 11.9. The first-order chi connectivity index (χ1) is 10.1. The molecule has 1 heterocycles. The first-order valence-corrected chi connectivity index (χ1v) is 9.14. The number of ether oxygens (including phenoxy) is 1. The first-order valence-electron chi connectivity index (χ1n) is 6.94. The minimum absolute atomic E-state index is 0.0640. The molecule has 0 spiro atoms. The van der Waals surface area contributed by atoms with Crippen LogP contribution in [0.4, 0.5) is 9.93 Å². The van der Waals surface area contributed by atoms with Crippen molar-refractivity contribution in [1.29, 1.82) is 0 Å². The number of anilines is 1. The molecule has 0 bridgehead atoms. The summed E-state index contributed by atoms with van der Waals surface area (Å²) in [6.45, 7) is 1.93. The summed E-state index contributed by atoms with van der Waals surface area (Å²) in [4.78, 5) is 11.9. The smallest absolute Gasteiger partial charge is 0.321 e. The third-order valence-electron chi connectivity index (χ3n) is 3.42. The fraction of sp³-hybridized carbons (Fsp3) is 0.750. The molecule has 1 aromatic rings. The van der Waals surface area contributed by atoms with Gasteiger partial charge in [-0.3, -0.25) is 9.53 Å². The molecule has 0 saturated heterocycles. The minimum Gasteiger partial charge on any atom is -0.472 e. The van der Waals surface area contributed by atoms with Gasteiger partial charge in [-0.05, 0) is 30.6 Å². The molecular formula is C12H20N4O3S2. The molecule has 1 aromatic heterocycles. The second-order valence-corrected chi connectivity index (χ2v) is 7.78. The van der Waals surface area contributed by atoms with Crippen LogP contribution >= 0.6 is 11.3 Å². The van der Waals surface area contributed by atoms with Crippen molar-refractivity contribution in [3.8, 4) is 5.19 Å². The van der Waals surface area contributed by atoms with Crippen molar-refractivity contribution in [2.75, 3.05) is 18.2 Å². The van der Waals surface area contributed by atoms with Crippen LogP contribution in [-0.4, -0.2) is 44.6 Å². The van der Waals surface area contributed by atoms with E-state index in [4.69, 9.17) is 4.74 Å². The summed E-state index contributed by atoms with van der Waals surface area (Å²) in [6, 6.07) is -0.240. The molecule has 1 aliphatic carbocycles. The number of aromatic nitrogens is 2. The molecule has 2 rings (SSSR count). The number of nitrogens with one attached hydrogen (secondary N) is 2. The Morgan fingerprint density at radius 1 is 1.48 bits per heavy atom. The van der Waals surface area contributed by atoms with E-state index >= 15 is 0 Å². The molecule has 3 atom stereocenters. The zero-order chi connectivity index (χ0) is 15.2. The SMILES string of the molecule is CC[S@](=O)[C@H]1CCC[C@H](NC(=O)Nc2nnc(OC)s2)C1. The number of carbonyl (C=O) groups is 1. The Labute approximate surface area is 130 Å². The van der Waals surface area contributed by atoms with Crippen molar-refractivity contribution in [3.05, 3.63) is 0 Å². The lowest BCUT2D eigenvalue weighted by Crippen LogP contribution is -2.42. The van der Waals surface area contributed by atoms with Crippen molar-refractivity contribution in [3.63, 3.8) is 0 Å². The lowest BCUT2D eigenvalue weighted by atomic mass is 9.95. The van der Waals surface area contributed by atoms with E-state index in [9.17, 15) is 9.00 Å². The molecule has 7 nitrogen and oxygen atoms in total. The highest BCUT2D eigenvalue weighted by Crippen LogP contribution is 2.24. The lowest BCUT2D eigenvalue weighted by molar-refractivity contribution is 0.244. The summed E-state index contributed by atoms with van der Waals surface area (Å²) in [6.07, 6.45) is 3.67. The predicted octanol–water partition coefficient (Wildman–Crippen LogP) is 1.75. The van der Waals surface area contributed by atoms with E-state index in [0.717, 1.165) is 25.7 Å². The Hall–Kier alpha value is -1.22. The summed E-state index contributed by atoms with van der Waals surface area (Å²) in [5, 5.41) is 14.1. The van der Waals surface area contributed by atoms with Gasteiger partial charge < -0.3 is 10.1 Å². The Kier molecular flexibility index (Phi) is 5.92. The summed E-state index contributed by atoms with van der Waals surface area (Å²) in [5.41, 5.74) is 0. The van der Waals surface area contributed by atoms with Crippen molar-refractivity contribution >= 4 is 33.3 Å². The molecule has 21 heavy (non-hydrogen) atoms. The number of hydrogen-bond acceptors (Lipinski definition) is 6. The summed E-state index contributed by atoms with van der Waals surface area (Å²) < 4.78 is 16.8. The molecule has 0 radical (unpaired) electrons. The molecule has 9 heteroatoms. The predicted molar refractivity (Wildman–Crippen MR) is 83.3 cm³/mol. The lowest BCUT2D eigenvalue weighted by Gasteiger charge is -2.28. The van der Waals surface area contributed by atoms with Gasteiger partial charge >= 0.3 is 6.03 Å². The van der Waals surface area contributed by atoms with Crippen LogP contribution < -0.4 is 15.4 Å². The van der Waals surface area contributed by atoms with Gasteiger partial charge in [0, 0.05) is 27.8 Å². The van der Waals surface area contributed by atoms with E-state index in [2.05, 4.69) is 20.8 Å². The van der Waals surface area contributed by atoms with Gasteiger partial charge in [-0.15, -0.1) is 5.10 Å². The summed E-state index contributed by atoms with van der Waals surface area (Å²) in [7, 11) is 0.707. The number of hydrogen-bond donors (Lipinski definition) is 2. The fourth-order valence-corrected chi connectivity index (χ4v) is 4.32. The number of amides is 2. The minimum atomic E-state index is -0.793. The maximum Gasteiger partial charge on any atom is 0.321 e.